The Hall–Kier alpha value is -4.23. The number of aromatic nitrogens is 1. The third-order valence-electron chi connectivity index (χ3n) is 5.14. The van der Waals surface area contributed by atoms with Crippen LogP contribution in [0.4, 0.5) is 5.69 Å². The number of imide groups is 1. The Balaban J connectivity index is 1.32. The molecule has 0 saturated carbocycles. The molecule has 0 bridgehead atoms. The number of para-hydroxylation sites is 1. The number of nitrogens with zero attached hydrogens (tertiary/aromatic N) is 2. The van der Waals surface area contributed by atoms with E-state index < -0.39 is 17.8 Å². The van der Waals surface area contributed by atoms with Gasteiger partial charge in [0, 0.05) is 5.56 Å². The van der Waals surface area contributed by atoms with Gasteiger partial charge >= 0.3 is 5.97 Å². The largest absolute Gasteiger partial charge is 0.455 e. The molecule has 1 aromatic heterocycles. The summed E-state index contributed by atoms with van der Waals surface area (Å²) in [4.78, 5) is 43.6. The average molecular weight is 459 g/mol. The number of carbonyl (C=O) groups is 3. The van der Waals surface area contributed by atoms with Crippen LogP contribution in [-0.4, -0.2) is 22.8 Å². The number of hydrogen-bond donors (Lipinski definition) is 0. The first kappa shape index (κ1) is 20.7. The molecule has 0 unspecified atom stereocenters. The number of rotatable bonds is 5. The van der Waals surface area contributed by atoms with Gasteiger partial charge in [-0.05, 0) is 42.5 Å². The van der Waals surface area contributed by atoms with Crippen LogP contribution in [0.3, 0.4) is 0 Å². The van der Waals surface area contributed by atoms with Crippen LogP contribution in [0.15, 0.2) is 83.5 Å². The second-order valence-corrected chi connectivity index (χ2v) is 7.65. The van der Waals surface area contributed by atoms with Crippen LogP contribution in [0.1, 0.15) is 36.8 Å². The summed E-state index contributed by atoms with van der Waals surface area (Å²) in [6.07, 6.45) is 1.42. The highest BCUT2D eigenvalue weighted by molar-refractivity contribution is 6.39. The molecule has 0 radical (unpaired) electrons. The summed E-state index contributed by atoms with van der Waals surface area (Å²) >= 11 is 6.17. The van der Waals surface area contributed by atoms with E-state index in [1.165, 1.54) is 24.5 Å². The maximum Gasteiger partial charge on any atom is 0.338 e. The number of oxazole rings is 1. The van der Waals surface area contributed by atoms with Crippen molar-refractivity contribution in [2.24, 2.45) is 0 Å². The number of fused-ring (bicyclic) bond motifs is 1. The van der Waals surface area contributed by atoms with Crippen LogP contribution >= 0.6 is 11.6 Å². The number of benzene rings is 3. The minimum absolute atomic E-state index is 0.106. The molecule has 33 heavy (non-hydrogen) atoms. The zero-order valence-corrected chi connectivity index (χ0v) is 17.8. The third kappa shape index (κ3) is 3.79. The molecule has 2 amide bonds. The van der Waals surface area contributed by atoms with Crippen molar-refractivity contribution in [1.82, 2.24) is 4.98 Å². The average Bonchev–Trinajstić information content (AvgIpc) is 3.41. The standard InChI is InChI=1S/C25H15ClN2O5/c26-20-8-4-5-9-21(20)28-23(29)18-11-10-16(12-19(18)24(28)30)25(31)33-14-17-13-32-22(27-17)15-6-2-1-3-7-15/h1-13H,14H2. The van der Waals surface area contributed by atoms with E-state index in [2.05, 4.69) is 4.98 Å². The summed E-state index contributed by atoms with van der Waals surface area (Å²) in [6, 6.07) is 20.1. The fraction of sp³-hybridized carbons (Fsp3) is 0.0400. The van der Waals surface area contributed by atoms with Crippen molar-refractivity contribution in [3.8, 4) is 11.5 Å². The van der Waals surface area contributed by atoms with E-state index in [4.69, 9.17) is 20.8 Å². The molecule has 0 aliphatic carbocycles. The van der Waals surface area contributed by atoms with Gasteiger partial charge in [0.2, 0.25) is 5.89 Å². The highest BCUT2D eigenvalue weighted by Gasteiger charge is 2.38. The third-order valence-corrected chi connectivity index (χ3v) is 5.46. The second-order valence-electron chi connectivity index (χ2n) is 7.24. The Morgan fingerprint density at radius 1 is 0.939 bits per heavy atom. The lowest BCUT2D eigenvalue weighted by atomic mass is 10.1. The Morgan fingerprint density at radius 2 is 1.67 bits per heavy atom. The van der Waals surface area contributed by atoms with Gasteiger partial charge in [0.1, 0.15) is 18.6 Å². The van der Waals surface area contributed by atoms with Crippen LogP contribution in [0.25, 0.3) is 11.5 Å². The van der Waals surface area contributed by atoms with Gasteiger partial charge in [0.05, 0.1) is 27.4 Å². The molecule has 5 rings (SSSR count). The van der Waals surface area contributed by atoms with Gasteiger partial charge in [-0.15, -0.1) is 0 Å². The van der Waals surface area contributed by atoms with E-state index in [0.29, 0.717) is 11.6 Å². The number of anilines is 1. The lowest BCUT2D eigenvalue weighted by Crippen LogP contribution is -2.29. The topological polar surface area (TPSA) is 89.7 Å². The molecule has 0 spiro atoms. The van der Waals surface area contributed by atoms with E-state index in [1.54, 1.807) is 24.3 Å². The minimum atomic E-state index is -0.654. The summed E-state index contributed by atoms with van der Waals surface area (Å²) in [5.74, 6) is -1.29. The smallest absolute Gasteiger partial charge is 0.338 e. The fourth-order valence-electron chi connectivity index (χ4n) is 3.53. The molecule has 3 aromatic carbocycles. The van der Waals surface area contributed by atoms with Crippen molar-refractivity contribution in [1.29, 1.82) is 0 Å². The Bertz CT molecular complexity index is 1400. The highest BCUT2D eigenvalue weighted by atomic mass is 35.5. The van der Waals surface area contributed by atoms with Crippen molar-refractivity contribution in [2.75, 3.05) is 4.90 Å². The molecule has 0 N–H and O–H groups in total. The van der Waals surface area contributed by atoms with Gasteiger partial charge in [0.25, 0.3) is 11.8 Å². The monoisotopic (exact) mass is 458 g/mol. The Kier molecular flexibility index (Phi) is 5.24. The van der Waals surface area contributed by atoms with Gasteiger partial charge in [-0.1, -0.05) is 41.9 Å². The number of halogens is 1. The maximum absolute atomic E-state index is 12.9. The van der Waals surface area contributed by atoms with Crippen molar-refractivity contribution < 1.29 is 23.5 Å². The molecule has 162 valence electrons. The summed E-state index contributed by atoms with van der Waals surface area (Å²) in [5.41, 5.74) is 1.99. The molecular formula is C25H15ClN2O5. The normalized spacial score (nSPS) is 12.7. The zero-order valence-electron chi connectivity index (χ0n) is 17.0. The van der Waals surface area contributed by atoms with Gasteiger partial charge in [-0.25, -0.2) is 14.7 Å². The first-order valence-corrected chi connectivity index (χ1v) is 10.3. The van der Waals surface area contributed by atoms with Gasteiger partial charge in [-0.2, -0.15) is 0 Å². The van der Waals surface area contributed by atoms with Crippen LogP contribution in [0, 0.1) is 0 Å². The molecule has 2 heterocycles. The van der Waals surface area contributed by atoms with Crippen LogP contribution < -0.4 is 4.90 Å². The number of hydrogen-bond acceptors (Lipinski definition) is 6. The van der Waals surface area contributed by atoms with Crippen molar-refractivity contribution in [3.63, 3.8) is 0 Å². The summed E-state index contributed by atoms with van der Waals surface area (Å²) in [5, 5.41) is 0.272. The maximum atomic E-state index is 12.9. The summed E-state index contributed by atoms with van der Waals surface area (Å²) < 4.78 is 10.8. The SMILES string of the molecule is O=C(OCc1coc(-c2ccccc2)n1)c1ccc2c(c1)C(=O)N(c1ccccc1Cl)C2=O. The molecule has 0 fully saturated rings. The molecule has 0 saturated heterocycles. The molecule has 7 nitrogen and oxygen atoms in total. The number of esters is 1. The van der Waals surface area contributed by atoms with E-state index in [-0.39, 0.29) is 34.0 Å². The summed E-state index contributed by atoms with van der Waals surface area (Å²) in [7, 11) is 0. The van der Waals surface area contributed by atoms with Crippen molar-refractivity contribution >= 4 is 35.1 Å². The van der Waals surface area contributed by atoms with Gasteiger partial charge in [0.15, 0.2) is 0 Å². The Morgan fingerprint density at radius 3 is 2.45 bits per heavy atom. The van der Waals surface area contributed by atoms with E-state index >= 15 is 0 Å². The zero-order chi connectivity index (χ0) is 22.9. The van der Waals surface area contributed by atoms with Gasteiger partial charge in [-0.3, -0.25) is 9.59 Å². The minimum Gasteiger partial charge on any atom is -0.455 e. The highest BCUT2D eigenvalue weighted by Crippen LogP contribution is 2.33. The lowest BCUT2D eigenvalue weighted by molar-refractivity contribution is 0.0467. The van der Waals surface area contributed by atoms with E-state index in [0.717, 1.165) is 10.5 Å². The first-order valence-electron chi connectivity index (χ1n) is 9.97. The second kappa shape index (κ2) is 8.37. The molecule has 4 aromatic rings. The fourth-order valence-corrected chi connectivity index (χ4v) is 3.75. The quantitative estimate of drug-likeness (QED) is 0.303. The van der Waals surface area contributed by atoms with E-state index in [9.17, 15) is 14.4 Å². The van der Waals surface area contributed by atoms with Crippen molar-refractivity contribution in [2.45, 2.75) is 6.61 Å². The molecular weight excluding hydrogens is 444 g/mol. The van der Waals surface area contributed by atoms with Crippen LogP contribution in [-0.2, 0) is 11.3 Å². The lowest BCUT2D eigenvalue weighted by Gasteiger charge is -2.15. The van der Waals surface area contributed by atoms with Crippen LogP contribution in [0.5, 0.6) is 0 Å². The van der Waals surface area contributed by atoms with Gasteiger partial charge < -0.3 is 9.15 Å². The molecule has 0 atom stereocenters. The molecule has 1 aliphatic heterocycles. The van der Waals surface area contributed by atoms with Crippen molar-refractivity contribution in [3.05, 3.63) is 106 Å². The number of carbonyl (C=O) groups excluding carboxylic acids is 3. The Labute approximate surface area is 193 Å². The number of ether oxygens (including phenoxy) is 1. The summed E-state index contributed by atoms with van der Waals surface area (Å²) in [6.45, 7) is -0.106. The van der Waals surface area contributed by atoms with Crippen LogP contribution in [0.2, 0.25) is 5.02 Å². The predicted molar refractivity (Wildman–Crippen MR) is 120 cm³/mol. The number of amides is 2. The first-order chi connectivity index (χ1) is 16.0. The van der Waals surface area contributed by atoms with E-state index in [1.807, 2.05) is 30.3 Å². The predicted octanol–water partition coefficient (Wildman–Crippen LogP) is 5.15. The molecule has 8 heteroatoms. The molecule has 1 aliphatic rings.